The molecular formula is C16H16O7. The Bertz CT molecular complexity index is 749. The lowest BCUT2D eigenvalue weighted by Crippen LogP contribution is -2.61. The van der Waals surface area contributed by atoms with Gasteiger partial charge in [-0.3, -0.25) is 4.79 Å². The molecule has 3 rings (SSSR count). The summed E-state index contributed by atoms with van der Waals surface area (Å²) in [6.45, 7) is 1.69. The number of hydrogen-bond donors (Lipinski definition) is 3. The number of ether oxygens (including phenoxy) is 2. The molecule has 122 valence electrons. The number of rotatable bonds is 1. The average Bonchev–Trinajstić information content (AvgIpc) is 2.49. The van der Waals surface area contributed by atoms with E-state index in [0.717, 1.165) is 7.11 Å². The minimum Gasteiger partial charge on any atom is -0.507 e. The second-order valence-electron chi connectivity index (χ2n) is 5.69. The van der Waals surface area contributed by atoms with Crippen molar-refractivity contribution in [2.45, 2.75) is 31.5 Å². The average molecular weight is 320 g/mol. The molecular weight excluding hydrogens is 304 g/mol. The van der Waals surface area contributed by atoms with Gasteiger partial charge in [0.15, 0.2) is 5.78 Å². The van der Waals surface area contributed by atoms with Gasteiger partial charge in [-0.15, -0.1) is 0 Å². The Morgan fingerprint density at radius 2 is 2.09 bits per heavy atom. The fraction of sp³-hybridized carbons (Fsp3) is 0.375. The first-order chi connectivity index (χ1) is 10.8. The molecule has 1 aromatic carbocycles. The number of aliphatic hydroxyl groups excluding tert-OH is 2. The normalized spacial score (nSPS) is 26.2. The van der Waals surface area contributed by atoms with E-state index in [1.54, 1.807) is 6.92 Å². The van der Waals surface area contributed by atoms with E-state index < -0.39 is 29.2 Å². The fourth-order valence-corrected chi connectivity index (χ4v) is 3.18. The van der Waals surface area contributed by atoms with Crippen LogP contribution in [0.25, 0.3) is 5.76 Å². The van der Waals surface area contributed by atoms with Crippen molar-refractivity contribution in [3.05, 3.63) is 28.8 Å². The van der Waals surface area contributed by atoms with E-state index in [9.17, 15) is 24.9 Å². The number of benzene rings is 1. The molecule has 0 unspecified atom stereocenters. The number of fused-ring (bicyclic) bond motifs is 2. The summed E-state index contributed by atoms with van der Waals surface area (Å²) in [5, 5.41) is 31.0. The topological polar surface area (TPSA) is 113 Å². The summed E-state index contributed by atoms with van der Waals surface area (Å²) in [4.78, 5) is 24.6. The highest BCUT2D eigenvalue weighted by Gasteiger charge is 2.60. The second-order valence-corrected chi connectivity index (χ2v) is 5.69. The van der Waals surface area contributed by atoms with Crippen LogP contribution in [0.4, 0.5) is 0 Å². The third kappa shape index (κ3) is 1.93. The van der Waals surface area contributed by atoms with Crippen molar-refractivity contribution in [3.8, 4) is 11.5 Å². The zero-order valence-electron chi connectivity index (χ0n) is 12.6. The van der Waals surface area contributed by atoms with E-state index in [4.69, 9.17) is 9.47 Å². The maximum absolute atomic E-state index is 12.3. The molecule has 1 heterocycles. The van der Waals surface area contributed by atoms with Gasteiger partial charge in [-0.05, 0) is 31.0 Å². The molecule has 1 aliphatic carbocycles. The van der Waals surface area contributed by atoms with Crippen LogP contribution in [0, 0.1) is 6.92 Å². The van der Waals surface area contributed by atoms with Gasteiger partial charge in [-0.25, -0.2) is 4.79 Å². The summed E-state index contributed by atoms with van der Waals surface area (Å²) in [6.07, 6.45) is -1.41. The molecule has 23 heavy (non-hydrogen) atoms. The van der Waals surface area contributed by atoms with E-state index in [-0.39, 0.29) is 35.5 Å². The van der Waals surface area contributed by atoms with Crippen molar-refractivity contribution >= 4 is 17.5 Å². The number of methoxy groups -OCH3 is 1. The second kappa shape index (κ2) is 4.99. The van der Waals surface area contributed by atoms with Gasteiger partial charge in [0.05, 0.1) is 12.7 Å². The van der Waals surface area contributed by atoms with Gasteiger partial charge in [-0.1, -0.05) is 0 Å². The van der Waals surface area contributed by atoms with Gasteiger partial charge < -0.3 is 24.8 Å². The smallest absolute Gasteiger partial charge is 0.358 e. The number of aromatic hydroxyl groups is 1. The number of esters is 1. The van der Waals surface area contributed by atoms with Gasteiger partial charge in [0.2, 0.25) is 0 Å². The van der Waals surface area contributed by atoms with Crippen molar-refractivity contribution in [1.29, 1.82) is 0 Å². The first kappa shape index (κ1) is 15.4. The number of phenolic OH excluding ortho intramolecular Hbond substituents is 1. The Morgan fingerprint density at radius 3 is 2.74 bits per heavy atom. The van der Waals surface area contributed by atoms with Crippen molar-refractivity contribution in [2.24, 2.45) is 0 Å². The quantitative estimate of drug-likeness (QED) is 0.661. The predicted molar refractivity (Wildman–Crippen MR) is 78.0 cm³/mol. The van der Waals surface area contributed by atoms with Crippen molar-refractivity contribution in [3.63, 3.8) is 0 Å². The van der Waals surface area contributed by atoms with E-state index in [2.05, 4.69) is 0 Å². The Balaban J connectivity index is 2.36. The van der Waals surface area contributed by atoms with Crippen LogP contribution < -0.4 is 4.74 Å². The third-order valence-electron chi connectivity index (χ3n) is 4.22. The highest BCUT2D eigenvalue weighted by molar-refractivity contribution is 6.12. The van der Waals surface area contributed by atoms with Crippen LogP contribution >= 0.6 is 0 Å². The van der Waals surface area contributed by atoms with Crippen molar-refractivity contribution in [2.75, 3.05) is 7.11 Å². The largest absolute Gasteiger partial charge is 0.507 e. The highest BCUT2D eigenvalue weighted by atomic mass is 16.6. The van der Waals surface area contributed by atoms with Crippen LogP contribution in [0.5, 0.6) is 11.5 Å². The molecule has 1 aromatic rings. The lowest BCUT2D eigenvalue weighted by molar-refractivity contribution is -0.169. The molecule has 0 bridgehead atoms. The van der Waals surface area contributed by atoms with Gasteiger partial charge in [-0.2, -0.15) is 0 Å². The molecule has 0 saturated heterocycles. The number of aliphatic hydroxyl groups is 2. The molecule has 1 saturated carbocycles. The number of ketones is 1. The monoisotopic (exact) mass is 320 g/mol. The molecule has 0 radical (unpaired) electrons. The fourth-order valence-electron chi connectivity index (χ4n) is 3.18. The lowest BCUT2D eigenvalue weighted by atomic mass is 9.74. The van der Waals surface area contributed by atoms with Crippen molar-refractivity contribution in [1.82, 2.24) is 0 Å². The number of hydrogen-bond acceptors (Lipinski definition) is 7. The van der Waals surface area contributed by atoms with Crippen LogP contribution in [0.3, 0.4) is 0 Å². The molecule has 7 nitrogen and oxygen atoms in total. The maximum atomic E-state index is 12.3. The molecule has 2 atom stereocenters. The van der Waals surface area contributed by atoms with Gasteiger partial charge in [0.1, 0.15) is 28.9 Å². The highest BCUT2D eigenvalue weighted by Crippen LogP contribution is 2.49. The van der Waals surface area contributed by atoms with E-state index in [1.165, 1.54) is 12.1 Å². The molecule has 1 fully saturated rings. The zero-order valence-corrected chi connectivity index (χ0v) is 12.6. The van der Waals surface area contributed by atoms with Gasteiger partial charge in [0, 0.05) is 6.42 Å². The standard InChI is InChI=1S/C16H16O7/c1-7-5-9(18)12-10(6-7)23-16(15(21)22-2)11(19)4-3-8(17)13(16)14(12)20/h5-6,11,18-20H,3-4H2,1-2H3/t11-,16-/m1/s1. The van der Waals surface area contributed by atoms with E-state index in [1.807, 2.05) is 0 Å². The summed E-state index contributed by atoms with van der Waals surface area (Å²) in [5.41, 5.74) is -1.96. The number of carbonyl (C=O) groups excluding carboxylic acids is 2. The Hall–Kier alpha value is -2.54. The molecule has 0 amide bonds. The minimum absolute atomic E-state index is 0.00214. The first-order valence-electron chi connectivity index (χ1n) is 7.09. The lowest BCUT2D eigenvalue weighted by Gasteiger charge is -2.42. The number of Topliss-reactive ketones (excluding diaryl/α,β-unsaturated/α-hetero) is 1. The Kier molecular flexibility index (Phi) is 3.33. The van der Waals surface area contributed by atoms with Gasteiger partial charge in [0.25, 0.3) is 5.60 Å². The minimum atomic E-state index is -2.12. The summed E-state index contributed by atoms with van der Waals surface area (Å²) >= 11 is 0. The maximum Gasteiger partial charge on any atom is 0.358 e. The molecule has 0 spiro atoms. The molecule has 2 aliphatic rings. The molecule has 0 aromatic heterocycles. The Labute approximate surface area is 131 Å². The first-order valence-corrected chi connectivity index (χ1v) is 7.09. The number of carbonyl (C=O) groups is 2. The van der Waals surface area contributed by atoms with Crippen LogP contribution in [-0.4, -0.2) is 45.9 Å². The van der Waals surface area contributed by atoms with Crippen LogP contribution in [0.15, 0.2) is 17.7 Å². The number of phenols is 1. The molecule has 3 N–H and O–H groups in total. The molecule has 1 aliphatic heterocycles. The third-order valence-corrected chi connectivity index (χ3v) is 4.22. The molecule has 7 heteroatoms. The number of aryl methyl sites for hydroxylation is 1. The summed E-state index contributed by atoms with van der Waals surface area (Å²) in [7, 11) is 1.10. The summed E-state index contributed by atoms with van der Waals surface area (Å²) < 4.78 is 10.4. The summed E-state index contributed by atoms with van der Waals surface area (Å²) in [6, 6.07) is 2.90. The van der Waals surface area contributed by atoms with Gasteiger partial charge >= 0.3 is 5.97 Å². The van der Waals surface area contributed by atoms with E-state index in [0.29, 0.717) is 5.56 Å². The van der Waals surface area contributed by atoms with Crippen LogP contribution in [-0.2, 0) is 14.3 Å². The predicted octanol–water partition coefficient (Wildman–Crippen LogP) is 0.998. The van der Waals surface area contributed by atoms with Crippen LogP contribution in [0.1, 0.15) is 24.0 Å². The van der Waals surface area contributed by atoms with Crippen LogP contribution in [0.2, 0.25) is 0 Å². The summed E-state index contributed by atoms with van der Waals surface area (Å²) in [5.74, 6) is -2.37. The van der Waals surface area contributed by atoms with Crippen molar-refractivity contribution < 1.29 is 34.4 Å². The van der Waals surface area contributed by atoms with E-state index >= 15 is 0 Å². The Morgan fingerprint density at radius 1 is 1.39 bits per heavy atom. The zero-order chi connectivity index (χ0) is 16.9. The SMILES string of the molecule is COC(=O)[C@]12Oc3cc(C)cc(O)c3C(O)=C1C(=O)CC[C@H]2O.